The highest BCUT2D eigenvalue weighted by molar-refractivity contribution is 6.20. The van der Waals surface area contributed by atoms with Crippen molar-refractivity contribution in [3.05, 3.63) is 36.0 Å². The number of rotatable bonds is 1. The van der Waals surface area contributed by atoms with Gasteiger partial charge in [0.05, 0.1) is 5.52 Å². The average molecular weight is 180 g/mol. The van der Waals surface area contributed by atoms with Crippen LogP contribution in [0.5, 0.6) is 0 Å². The molecule has 0 atom stereocenters. The Kier molecular flexibility index (Phi) is 1.62. The molecule has 2 nitrogen and oxygen atoms in total. The second-order valence-electron chi connectivity index (χ2n) is 2.53. The molecule has 0 bridgehead atoms. The topological polar surface area (TPSA) is 22.0 Å². The molecular weight excluding hydrogens is 174 g/mol. The van der Waals surface area contributed by atoms with Crippen molar-refractivity contribution >= 4 is 29.0 Å². The zero-order valence-electron chi connectivity index (χ0n) is 6.20. The molecule has 0 fully saturated rings. The van der Waals surface area contributed by atoms with E-state index >= 15 is 0 Å². The third-order valence-corrected chi connectivity index (χ3v) is 2.10. The fourth-order valence-electron chi connectivity index (χ4n) is 1.26. The zero-order chi connectivity index (χ0) is 8.55. The van der Waals surface area contributed by atoms with E-state index in [4.69, 9.17) is 11.8 Å². The molecule has 0 aliphatic rings. The molecule has 0 unspecified atom stereocenters. The fraction of sp³-hybridized carbons (Fsp3) is 0. The molecule has 60 valence electrons. The van der Waals surface area contributed by atoms with Crippen LogP contribution in [-0.2, 0) is 0 Å². The number of nitrogens with zero attached hydrogens (tertiary/aromatic N) is 1. The van der Waals surface area contributed by atoms with Gasteiger partial charge in [0.1, 0.15) is 0 Å². The smallest absolute Gasteiger partial charge is 0.152 e. The summed E-state index contributed by atoms with van der Waals surface area (Å²) in [5.41, 5.74) is 1.49. The highest BCUT2D eigenvalue weighted by atomic mass is 35.5. The van der Waals surface area contributed by atoms with Crippen LogP contribution in [0, 0.1) is 0 Å². The van der Waals surface area contributed by atoms with Crippen molar-refractivity contribution in [2.75, 3.05) is 0 Å². The third kappa shape index (κ3) is 0.924. The van der Waals surface area contributed by atoms with E-state index in [0.717, 1.165) is 17.2 Å². The average Bonchev–Trinajstić information content (AvgIpc) is 2.44. The summed E-state index contributed by atoms with van der Waals surface area (Å²) in [7, 11) is 0. The van der Waals surface area contributed by atoms with Crippen LogP contribution in [-0.4, -0.2) is 10.4 Å². The summed E-state index contributed by atoms with van der Waals surface area (Å²) in [6.07, 6.45) is 2.42. The Labute approximate surface area is 74.5 Å². The molecule has 1 aromatic carbocycles. The van der Waals surface area contributed by atoms with Crippen LogP contribution < -0.4 is 0 Å². The molecule has 1 heterocycles. The van der Waals surface area contributed by atoms with Gasteiger partial charge >= 0.3 is 0 Å². The lowest BCUT2D eigenvalue weighted by atomic mass is 10.2. The molecule has 2 aromatic rings. The quantitative estimate of drug-likeness (QED) is 0.617. The van der Waals surface area contributed by atoms with E-state index in [1.54, 1.807) is 6.20 Å². The van der Waals surface area contributed by atoms with Crippen molar-refractivity contribution in [1.29, 1.82) is 0 Å². The second-order valence-corrected chi connectivity index (χ2v) is 2.89. The molecule has 1 aromatic heterocycles. The summed E-state index contributed by atoms with van der Waals surface area (Å²) in [6, 6.07) is 7.51. The number of aromatic nitrogens is 1. The molecule has 0 aliphatic carbocycles. The van der Waals surface area contributed by atoms with Gasteiger partial charge in [0, 0.05) is 28.9 Å². The van der Waals surface area contributed by atoms with Gasteiger partial charge in [-0.3, -0.25) is 8.88 Å². The predicted molar refractivity (Wildman–Crippen MR) is 48.6 cm³/mol. The van der Waals surface area contributed by atoms with Crippen molar-refractivity contribution in [2.24, 2.45) is 0 Å². The van der Waals surface area contributed by atoms with Crippen molar-refractivity contribution in [1.82, 2.24) is 4.09 Å². The third-order valence-electron chi connectivity index (χ3n) is 1.82. The van der Waals surface area contributed by atoms with Gasteiger partial charge in [0.25, 0.3) is 0 Å². The zero-order valence-corrected chi connectivity index (χ0v) is 6.95. The number of carbonyl (C=O) groups is 1. The van der Waals surface area contributed by atoms with Gasteiger partial charge in [0.15, 0.2) is 6.29 Å². The lowest BCUT2D eigenvalue weighted by molar-refractivity contribution is 0.112. The SMILES string of the molecule is O=Cc1cn(Cl)c2ccccc12. The first-order valence-corrected chi connectivity index (χ1v) is 3.88. The van der Waals surface area contributed by atoms with E-state index in [2.05, 4.69) is 0 Å². The highest BCUT2D eigenvalue weighted by Gasteiger charge is 2.04. The van der Waals surface area contributed by atoms with E-state index in [-0.39, 0.29) is 0 Å². The maximum absolute atomic E-state index is 10.6. The van der Waals surface area contributed by atoms with Crippen molar-refractivity contribution in [3.8, 4) is 0 Å². The predicted octanol–water partition coefficient (Wildman–Crippen LogP) is 2.46. The lowest BCUT2D eigenvalue weighted by Crippen LogP contribution is -1.72. The van der Waals surface area contributed by atoms with Gasteiger partial charge < -0.3 is 0 Å². The summed E-state index contributed by atoms with van der Waals surface area (Å²) in [5.74, 6) is 0. The van der Waals surface area contributed by atoms with Crippen molar-refractivity contribution in [2.45, 2.75) is 0 Å². The number of aldehydes is 1. The van der Waals surface area contributed by atoms with Crippen LogP contribution in [0.15, 0.2) is 30.5 Å². The van der Waals surface area contributed by atoms with E-state index < -0.39 is 0 Å². The molecule has 0 amide bonds. The van der Waals surface area contributed by atoms with E-state index in [9.17, 15) is 4.79 Å². The minimum Gasteiger partial charge on any atom is -0.298 e. The van der Waals surface area contributed by atoms with Gasteiger partial charge in [-0.25, -0.2) is 0 Å². The molecule has 3 heteroatoms. The molecule has 0 aliphatic heterocycles. The van der Waals surface area contributed by atoms with Crippen molar-refractivity contribution in [3.63, 3.8) is 0 Å². The Morgan fingerprint density at radius 2 is 2.08 bits per heavy atom. The number of fused-ring (bicyclic) bond motifs is 1. The first kappa shape index (κ1) is 7.37. The van der Waals surface area contributed by atoms with Gasteiger partial charge in [-0.1, -0.05) is 18.2 Å². The number of carbonyl (C=O) groups excluding carboxylic acids is 1. The molecule has 2 rings (SSSR count). The first-order chi connectivity index (χ1) is 5.83. The lowest BCUT2D eigenvalue weighted by Gasteiger charge is -1.89. The molecular formula is C9H6ClNO. The molecule has 0 N–H and O–H groups in total. The van der Waals surface area contributed by atoms with Crippen LogP contribution in [0.25, 0.3) is 10.9 Å². The van der Waals surface area contributed by atoms with E-state index in [1.165, 1.54) is 4.09 Å². The summed E-state index contributed by atoms with van der Waals surface area (Å²) in [4.78, 5) is 10.6. The van der Waals surface area contributed by atoms with Crippen LogP contribution >= 0.6 is 11.8 Å². The maximum Gasteiger partial charge on any atom is 0.152 e. The standard InChI is InChI=1S/C9H6ClNO/c10-11-5-7(6-12)8-3-1-2-4-9(8)11/h1-6H. The van der Waals surface area contributed by atoms with E-state index in [1.807, 2.05) is 24.3 Å². The normalized spacial score (nSPS) is 10.4. The first-order valence-electron chi connectivity index (χ1n) is 3.54. The molecule has 0 spiro atoms. The van der Waals surface area contributed by atoms with Crippen LogP contribution in [0.4, 0.5) is 0 Å². The minimum atomic E-state index is 0.626. The van der Waals surface area contributed by atoms with Crippen LogP contribution in [0.3, 0.4) is 0 Å². The fourth-order valence-corrected chi connectivity index (χ4v) is 1.51. The van der Waals surface area contributed by atoms with Gasteiger partial charge in [0.2, 0.25) is 0 Å². The highest BCUT2D eigenvalue weighted by Crippen LogP contribution is 2.20. The Morgan fingerprint density at radius 1 is 1.33 bits per heavy atom. The van der Waals surface area contributed by atoms with Gasteiger partial charge in [-0.2, -0.15) is 0 Å². The molecule has 0 saturated carbocycles. The number of hydrogen-bond donors (Lipinski definition) is 0. The Balaban J connectivity index is 2.91. The minimum absolute atomic E-state index is 0.626. The largest absolute Gasteiger partial charge is 0.298 e. The summed E-state index contributed by atoms with van der Waals surface area (Å²) in [5, 5.41) is 0.891. The summed E-state index contributed by atoms with van der Waals surface area (Å²) >= 11 is 5.81. The Hall–Kier alpha value is -1.28. The number of para-hydroxylation sites is 1. The van der Waals surface area contributed by atoms with E-state index in [0.29, 0.717) is 5.56 Å². The Morgan fingerprint density at radius 3 is 2.83 bits per heavy atom. The van der Waals surface area contributed by atoms with Crippen LogP contribution in [0.1, 0.15) is 10.4 Å². The number of hydrogen-bond acceptors (Lipinski definition) is 1. The van der Waals surface area contributed by atoms with Gasteiger partial charge in [-0.15, -0.1) is 0 Å². The second kappa shape index (κ2) is 2.64. The Bertz CT molecular complexity index is 433. The maximum atomic E-state index is 10.6. The molecule has 0 saturated heterocycles. The van der Waals surface area contributed by atoms with Crippen molar-refractivity contribution < 1.29 is 4.79 Å². The molecule has 12 heavy (non-hydrogen) atoms. The number of halogens is 1. The monoisotopic (exact) mass is 179 g/mol. The summed E-state index contributed by atoms with van der Waals surface area (Å²) in [6.45, 7) is 0. The van der Waals surface area contributed by atoms with Crippen LogP contribution in [0.2, 0.25) is 0 Å². The molecule has 0 radical (unpaired) electrons. The van der Waals surface area contributed by atoms with Gasteiger partial charge in [-0.05, 0) is 6.07 Å². The number of benzene rings is 1. The summed E-state index contributed by atoms with van der Waals surface area (Å²) < 4.78 is 1.43.